The topological polar surface area (TPSA) is 84.9 Å². The van der Waals surface area contributed by atoms with E-state index in [-0.39, 0.29) is 12.1 Å². The second kappa shape index (κ2) is 7.49. The van der Waals surface area contributed by atoms with Gasteiger partial charge in [0.2, 0.25) is 0 Å². The summed E-state index contributed by atoms with van der Waals surface area (Å²) in [7, 11) is 1.48. The second-order valence-electron chi connectivity index (χ2n) is 5.62. The zero-order valence-corrected chi connectivity index (χ0v) is 13.2. The fourth-order valence-corrected chi connectivity index (χ4v) is 1.67. The van der Waals surface area contributed by atoms with Crippen LogP contribution in [0.4, 0.5) is 4.79 Å². The van der Waals surface area contributed by atoms with Gasteiger partial charge in [0, 0.05) is 6.54 Å². The summed E-state index contributed by atoms with van der Waals surface area (Å²) in [5, 5.41) is 11.8. The monoisotopic (exact) mass is 307 g/mol. The van der Waals surface area contributed by atoms with Crippen molar-refractivity contribution in [1.29, 1.82) is 0 Å². The number of benzene rings is 1. The van der Waals surface area contributed by atoms with Crippen molar-refractivity contribution in [3.05, 3.63) is 41.2 Å². The number of carbonyl (C=O) groups excluding carboxylic acids is 1. The van der Waals surface area contributed by atoms with E-state index in [1.54, 1.807) is 39.0 Å². The highest BCUT2D eigenvalue weighted by atomic mass is 16.6. The van der Waals surface area contributed by atoms with Gasteiger partial charge in [0.25, 0.3) is 0 Å². The molecule has 0 aliphatic carbocycles. The van der Waals surface area contributed by atoms with Crippen LogP contribution in [0.15, 0.2) is 24.5 Å². The van der Waals surface area contributed by atoms with Crippen molar-refractivity contribution in [2.75, 3.05) is 7.11 Å². The average Bonchev–Trinajstić information content (AvgIpc) is 2.41. The van der Waals surface area contributed by atoms with Gasteiger partial charge in [0.1, 0.15) is 5.60 Å². The predicted molar refractivity (Wildman–Crippen MR) is 82.5 cm³/mol. The number of methoxy groups -OCH3 is 1. The Labute approximate surface area is 129 Å². The van der Waals surface area contributed by atoms with Gasteiger partial charge < -0.3 is 19.9 Å². The van der Waals surface area contributed by atoms with Gasteiger partial charge in [-0.1, -0.05) is 12.1 Å². The largest absolute Gasteiger partial charge is 0.504 e. The van der Waals surface area contributed by atoms with E-state index >= 15 is 0 Å². The van der Waals surface area contributed by atoms with Crippen molar-refractivity contribution >= 4 is 18.1 Å². The minimum atomic E-state index is -1.05. The summed E-state index contributed by atoms with van der Waals surface area (Å²) in [5.74, 6) is -1.05. The molecular weight excluding hydrogens is 286 g/mol. The number of rotatable bonds is 5. The zero-order chi connectivity index (χ0) is 16.8. The predicted octanol–water partition coefficient (Wildman–Crippen LogP) is 3.03. The lowest BCUT2D eigenvalue weighted by Gasteiger charge is -2.19. The normalized spacial score (nSPS) is 11.3. The van der Waals surface area contributed by atoms with Crippen LogP contribution in [0.25, 0.3) is 6.08 Å². The molecule has 0 aliphatic rings. The molecule has 0 aliphatic heterocycles. The molecule has 1 amide bonds. The van der Waals surface area contributed by atoms with E-state index in [9.17, 15) is 14.7 Å². The Morgan fingerprint density at radius 3 is 2.55 bits per heavy atom. The van der Waals surface area contributed by atoms with Crippen molar-refractivity contribution < 1.29 is 24.2 Å². The van der Waals surface area contributed by atoms with Gasteiger partial charge in [-0.15, -0.1) is 0 Å². The molecule has 0 aromatic heterocycles. The lowest BCUT2D eigenvalue weighted by atomic mass is 10.0. The van der Waals surface area contributed by atoms with Crippen LogP contribution in [0.2, 0.25) is 0 Å². The van der Waals surface area contributed by atoms with E-state index in [0.29, 0.717) is 11.1 Å². The molecule has 0 heterocycles. The molecule has 22 heavy (non-hydrogen) atoms. The number of ether oxygens (including phenoxy) is 2. The van der Waals surface area contributed by atoms with E-state index in [4.69, 9.17) is 9.47 Å². The van der Waals surface area contributed by atoms with E-state index in [0.717, 1.165) is 0 Å². The SMILES string of the molecule is COC=Cc1ccc(CNC(=O)OC(C)(C)C)cc1C(=O)O. The van der Waals surface area contributed by atoms with Gasteiger partial charge in [0.05, 0.1) is 18.9 Å². The van der Waals surface area contributed by atoms with E-state index in [2.05, 4.69) is 5.32 Å². The maximum Gasteiger partial charge on any atom is 0.407 e. The molecule has 0 radical (unpaired) electrons. The van der Waals surface area contributed by atoms with Crippen LogP contribution in [0.3, 0.4) is 0 Å². The Hall–Kier alpha value is -2.50. The minimum absolute atomic E-state index is 0.136. The summed E-state index contributed by atoms with van der Waals surface area (Å²) < 4.78 is 9.91. The number of carboxylic acid groups (broad SMARTS) is 1. The molecular formula is C16H21NO5. The van der Waals surface area contributed by atoms with Crippen molar-refractivity contribution in [3.63, 3.8) is 0 Å². The van der Waals surface area contributed by atoms with Gasteiger partial charge in [0.15, 0.2) is 0 Å². The number of carbonyl (C=O) groups is 2. The maximum absolute atomic E-state index is 11.6. The summed E-state index contributed by atoms with van der Waals surface area (Å²) >= 11 is 0. The van der Waals surface area contributed by atoms with Crippen LogP contribution < -0.4 is 5.32 Å². The van der Waals surface area contributed by atoms with Gasteiger partial charge in [-0.2, -0.15) is 0 Å². The molecule has 6 nitrogen and oxygen atoms in total. The molecule has 1 aromatic rings. The van der Waals surface area contributed by atoms with E-state index < -0.39 is 17.7 Å². The number of nitrogens with one attached hydrogen (secondary N) is 1. The highest BCUT2D eigenvalue weighted by molar-refractivity contribution is 5.92. The summed E-state index contributed by atoms with van der Waals surface area (Å²) in [4.78, 5) is 22.9. The quantitative estimate of drug-likeness (QED) is 0.817. The highest BCUT2D eigenvalue weighted by Crippen LogP contribution is 2.15. The maximum atomic E-state index is 11.6. The number of carboxylic acids is 1. The molecule has 0 bridgehead atoms. The smallest absolute Gasteiger partial charge is 0.407 e. The van der Waals surface area contributed by atoms with Crippen LogP contribution in [-0.4, -0.2) is 29.9 Å². The molecule has 0 atom stereocenters. The first-order valence-corrected chi connectivity index (χ1v) is 6.75. The molecule has 0 saturated heterocycles. The Morgan fingerprint density at radius 2 is 2.00 bits per heavy atom. The number of hydrogen-bond acceptors (Lipinski definition) is 4. The second-order valence-corrected chi connectivity index (χ2v) is 5.62. The van der Waals surface area contributed by atoms with E-state index in [1.807, 2.05) is 0 Å². The van der Waals surface area contributed by atoms with Crippen molar-refractivity contribution in [1.82, 2.24) is 5.32 Å². The minimum Gasteiger partial charge on any atom is -0.504 e. The molecule has 1 aromatic carbocycles. The molecule has 2 N–H and O–H groups in total. The number of hydrogen-bond donors (Lipinski definition) is 2. The molecule has 1 rings (SSSR count). The summed E-state index contributed by atoms with van der Waals surface area (Å²) in [6, 6.07) is 4.90. The number of aromatic carboxylic acids is 1. The third-order valence-electron chi connectivity index (χ3n) is 2.57. The van der Waals surface area contributed by atoms with Crippen LogP contribution in [0.1, 0.15) is 42.3 Å². The van der Waals surface area contributed by atoms with Crippen molar-refractivity contribution in [3.8, 4) is 0 Å². The van der Waals surface area contributed by atoms with Crippen LogP contribution in [-0.2, 0) is 16.0 Å². The van der Waals surface area contributed by atoms with Gasteiger partial charge in [-0.25, -0.2) is 9.59 Å². The van der Waals surface area contributed by atoms with Gasteiger partial charge in [-0.3, -0.25) is 0 Å². The van der Waals surface area contributed by atoms with Crippen molar-refractivity contribution in [2.24, 2.45) is 0 Å². The fourth-order valence-electron chi connectivity index (χ4n) is 1.67. The molecule has 0 spiro atoms. The highest BCUT2D eigenvalue weighted by Gasteiger charge is 2.16. The lowest BCUT2D eigenvalue weighted by Crippen LogP contribution is -2.32. The average molecular weight is 307 g/mol. The summed E-state index contributed by atoms with van der Waals surface area (Å²) in [6.45, 7) is 5.49. The van der Waals surface area contributed by atoms with Crippen LogP contribution in [0, 0.1) is 0 Å². The fraction of sp³-hybridized carbons (Fsp3) is 0.375. The third kappa shape index (κ3) is 5.87. The standard InChI is InChI=1S/C16H21NO5/c1-16(2,3)22-15(20)17-10-11-5-6-12(7-8-21-4)13(9-11)14(18)19/h5-9H,10H2,1-4H3,(H,17,20)(H,18,19). The lowest BCUT2D eigenvalue weighted by molar-refractivity contribution is 0.0523. The number of alkyl carbamates (subject to hydrolysis) is 1. The summed E-state index contributed by atoms with van der Waals surface area (Å²) in [6.07, 6.45) is 2.42. The summed E-state index contributed by atoms with van der Waals surface area (Å²) in [5.41, 5.74) is 0.746. The molecule has 6 heteroatoms. The Bertz CT molecular complexity index is 572. The van der Waals surface area contributed by atoms with Crippen LogP contribution >= 0.6 is 0 Å². The first-order chi connectivity index (χ1) is 10.2. The van der Waals surface area contributed by atoms with Crippen LogP contribution in [0.5, 0.6) is 0 Å². The Morgan fingerprint density at radius 1 is 1.32 bits per heavy atom. The first-order valence-electron chi connectivity index (χ1n) is 6.75. The Balaban J connectivity index is 2.81. The molecule has 0 unspecified atom stereocenters. The van der Waals surface area contributed by atoms with Crippen molar-refractivity contribution in [2.45, 2.75) is 32.9 Å². The van der Waals surface area contributed by atoms with Gasteiger partial charge >= 0.3 is 12.1 Å². The number of amides is 1. The third-order valence-corrected chi connectivity index (χ3v) is 2.57. The molecule has 120 valence electrons. The first kappa shape index (κ1) is 17.6. The Kier molecular flexibility index (Phi) is 5.98. The molecule has 0 fully saturated rings. The van der Waals surface area contributed by atoms with Gasteiger partial charge in [-0.05, 0) is 44.0 Å². The zero-order valence-electron chi connectivity index (χ0n) is 13.2. The molecule has 0 saturated carbocycles. The van der Waals surface area contributed by atoms with E-state index in [1.165, 1.54) is 19.4 Å².